The Balaban J connectivity index is 1.61. The zero-order valence-corrected chi connectivity index (χ0v) is 13.7. The first-order chi connectivity index (χ1) is 11.5. The second-order valence-electron chi connectivity index (χ2n) is 5.85. The summed E-state index contributed by atoms with van der Waals surface area (Å²) in [5.74, 6) is 0.141. The van der Waals surface area contributed by atoms with Crippen molar-refractivity contribution in [1.82, 2.24) is 25.1 Å². The van der Waals surface area contributed by atoms with E-state index in [9.17, 15) is 9.59 Å². The maximum Gasteiger partial charge on any atom is 0.307 e. The summed E-state index contributed by atoms with van der Waals surface area (Å²) in [6, 6.07) is 3.43. The molecule has 8 heteroatoms. The highest BCUT2D eigenvalue weighted by Gasteiger charge is 2.30. The minimum atomic E-state index is -0.337. The summed E-state index contributed by atoms with van der Waals surface area (Å²) in [4.78, 5) is 36.1. The molecular weight excluding hydrogens is 310 g/mol. The van der Waals surface area contributed by atoms with Gasteiger partial charge in [-0.3, -0.25) is 14.6 Å². The molecule has 0 atom stereocenters. The summed E-state index contributed by atoms with van der Waals surface area (Å²) in [6.07, 6.45) is 3.15. The Morgan fingerprint density at radius 3 is 2.88 bits per heavy atom. The third-order valence-corrected chi connectivity index (χ3v) is 3.69. The highest BCUT2D eigenvalue weighted by Crippen LogP contribution is 2.24. The summed E-state index contributed by atoms with van der Waals surface area (Å²) >= 11 is 0. The van der Waals surface area contributed by atoms with Gasteiger partial charge in [-0.1, -0.05) is 0 Å². The topological polar surface area (TPSA) is 91.6 Å². The van der Waals surface area contributed by atoms with E-state index in [1.54, 1.807) is 23.2 Å². The third kappa shape index (κ3) is 3.43. The molecule has 2 amide bonds. The van der Waals surface area contributed by atoms with E-state index in [1.807, 2.05) is 19.0 Å². The highest BCUT2D eigenvalue weighted by molar-refractivity contribution is 5.94. The van der Waals surface area contributed by atoms with Gasteiger partial charge in [-0.15, -0.1) is 0 Å². The van der Waals surface area contributed by atoms with E-state index in [0.717, 1.165) is 6.54 Å². The maximum atomic E-state index is 12.4. The van der Waals surface area contributed by atoms with Crippen molar-refractivity contribution in [3.63, 3.8) is 0 Å². The maximum absolute atomic E-state index is 12.4. The first-order valence-corrected chi connectivity index (χ1v) is 7.65. The normalized spacial score (nSPS) is 13.2. The van der Waals surface area contributed by atoms with Crippen LogP contribution in [0.1, 0.15) is 32.5 Å². The number of carbonyl (C=O) groups is 2. The number of pyridine rings is 1. The molecule has 0 aromatic carbocycles. The lowest BCUT2D eigenvalue weighted by atomic mass is 10.2. The number of fused-ring (bicyclic) bond motifs is 1. The summed E-state index contributed by atoms with van der Waals surface area (Å²) in [7, 11) is 3.86. The van der Waals surface area contributed by atoms with Crippen LogP contribution >= 0.6 is 0 Å². The van der Waals surface area contributed by atoms with Gasteiger partial charge in [0.15, 0.2) is 0 Å². The zero-order chi connectivity index (χ0) is 17.1. The lowest BCUT2D eigenvalue weighted by molar-refractivity contribution is 0.0740. The van der Waals surface area contributed by atoms with Crippen molar-refractivity contribution < 1.29 is 14.0 Å². The minimum Gasteiger partial charge on any atom is -0.435 e. The number of hydrogen-bond acceptors (Lipinski definition) is 6. The molecule has 2 aromatic heterocycles. The number of rotatable bonds is 5. The van der Waals surface area contributed by atoms with Crippen molar-refractivity contribution in [2.75, 3.05) is 27.2 Å². The van der Waals surface area contributed by atoms with Gasteiger partial charge in [0.05, 0.1) is 18.7 Å². The van der Waals surface area contributed by atoms with E-state index in [4.69, 9.17) is 4.42 Å². The number of nitrogens with one attached hydrogen (secondary N) is 1. The van der Waals surface area contributed by atoms with Crippen LogP contribution in [0.15, 0.2) is 28.9 Å². The lowest BCUT2D eigenvalue weighted by Crippen LogP contribution is -2.31. The largest absolute Gasteiger partial charge is 0.435 e. The molecule has 0 radical (unpaired) electrons. The Kier molecular flexibility index (Phi) is 4.57. The number of nitrogens with zero attached hydrogens (tertiary/aromatic N) is 4. The molecule has 1 aliphatic rings. The van der Waals surface area contributed by atoms with E-state index in [0.29, 0.717) is 36.7 Å². The van der Waals surface area contributed by atoms with Gasteiger partial charge in [-0.25, -0.2) is 4.98 Å². The SMILES string of the molecule is CN(C)CCNC(=O)c1nc2c(o1)CN(C(=O)c1cccnc1)C2. The van der Waals surface area contributed by atoms with Gasteiger partial charge in [-0.2, -0.15) is 0 Å². The molecule has 0 spiro atoms. The number of hydrogen-bond donors (Lipinski definition) is 1. The Morgan fingerprint density at radius 2 is 2.21 bits per heavy atom. The molecule has 3 heterocycles. The quantitative estimate of drug-likeness (QED) is 0.860. The molecule has 0 aliphatic carbocycles. The molecule has 8 nitrogen and oxygen atoms in total. The van der Waals surface area contributed by atoms with Crippen molar-refractivity contribution in [3.8, 4) is 0 Å². The third-order valence-electron chi connectivity index (χ3n) is 3.69. The standard InChI is InChI=1S/C16H19N5O3/c1-20(2)7-6-18-14(22)15-19-12-9-21(10-13(12)24-15)16(23)11-4-3-5-17-8-11/h3-5,8H,6-7,9-10H2,1-2H3,(H,18,22). The van der Waals surface area contributed by atoms with Crippen molar-refractivity contribution in [2.45, 2.75) is 13.1 Å². The van der Waals surface area contributed by atoms with Crippen LogP contribution in [0.2, 0.25) is 0 Å². The van der Waals surface area contributed by atoms with E-state index in [2.05, 4.69) is 15.3 Å². The van der Waals surface area contributed by atoms with E-state index in [-0.39, 0.29) is 17.7 Å². The Morgan fingerprint density at radius 1 is 1.38 bits per heavy atom. The van der Waals surface area contributed by atoms with Crippen molar-refractivity contribution in [3.05, 3.63) is 47.4 Å². The molecule has 0 saturated carbocycles. The molecule has 1 aliphatic heterocycles. The predicted octanol–water partition coefficient (Wildman–Crippen LogP) is 0.517. The molecule has 0 bridgehead atoms. The molecule has 126 valence electrons. The van der Waals surface area contributed by atoms with Crippen LogP contribution in [0.3, 0.4) is 0 Å². The Hall–Kier alpha value is -2.74. The van der Waals surface area contributed by atoms with Gasteiger partial charge in [0, 0.05) is 25.5 Å². The second-order valence-corrected chi connectivity index (χ2v) is 5.85. The monoisotopic (exact) mass is 329 g/mol. The Bertz CT molecular complexity index is 718. The van der Waals surface area contributed by atoms with E-state index >= 15 is 0 Å². The summed E-state index contributed by atoms with van der Waals surface area (Å²) in [5.41, 5.74) is 1.15. The molecule has 0 fully saturated rings. The first kappa shape index (κ1) is 16.1. The second kappa shape index (κ2) is 6.79. The first-order valence-electron chi connectivity index (χ1n) is 7.65. The summed E-state index contributed by atoms with van der Waals surface area (Å²) in [5, 5.41) is 2.75. The number of carbonyl (C=O) groups excluding carboxylic acids is 2. The van der Waals surface area contributed by atoms with Crippen molar-refractivity contribution in [2.24, 2.45) is 0 Å². The van der Waals surface area contributed by atoms with Gasteiger partial charge in [0.2, 0.25) is 0 Å². The highest BCUT2D eigenvalue weighted by atomic mass is 16.4. The fourth-order valence-electron chi connectivity index (χ4n) is 2.42. The van der Waals surface area contributed by atoms with Gasteiger partial charge in [0.25, 0.3) is 11.8 Å². The van der Waals surface area contributed by atoms with Crippen LogP contribution in [0.25, 0.3) is 0 Å². The predicted molar refractivity (Wildman–Crippen MR) is 85.2 cm³/mol. The summed E-state index contributed by atoms with van der Waals surface area (Å²) < 4.78 is 5.52. The van der Waals surface area contributed by atoms with E-state index in [1.165, 1.54) is 6.20 Å². The van der Waals surface area contributed by atoms with Gasteiger partial charge >= 0.3 is 5.91 Å². The molecule has 1 N–H and O–H groups in total. The van der Waals surface area contributed by atoms with Crippen LogP contribution in [0.4, 0.5) is 0 Å². The van der Waals surface area contributed by atoms with Gasteiger partial charge < -0.3 is 19.5 Å². The average Bonchev–Trinajstić information content (AvgIpc) is 3.13. The van der Waals surface area contributed by atoms with Crippen molar-refractivity contribution in [1.29, 1.82) is 0 Å². The zero-order valence-electron chi connectivity index (χ0n) is 13.7. The molecular formula is C16H19N5O3. The van der Waals surface area contributed by atoms with Crippen LogP contribution < -0.4 is 5.32 Å². The number of amides is 2. The lowest BCUT2D eigenvalue weighted by Gasteiger charge is -2.14. The van der Waals surface area contributed by atoms with Crippen LogP contribution in [-0.4, -0.2) is 58.8 Å². The number of oxazole rings is 1. The molecule has 0 saturated heterocycles. The molecule has 0 unspecified atom stereocenters. The van der Waals surface area contributed by atoms with Crippen molar-refractivity contribution >= 4 is 11.8 Å². The molecule has 3 rings (SSSR count). The Labute approximate surface area is 139 Å². The van der Waals surface area contributed by atoms with E-state index < -0.39 is 0 Å². The fraction of sp³-hybridized carbons (Fsp3) is 0.375. The molecule has 2 aromatic rings. The van der Waals surface area contributed by atoms with Gasteiger partial charge in [-0.05, 0) is 26.2 Å². The molecule has 24 heavy (non-hydrogen) atoms. The van der Waals surface area contributed by atoms with Crippen LogP contribution in [0, 0.1) is 0 Å². The van der Waals surface area contributed by atoms with Gasteiger partial charge in [0.1, 0.15) is 11.5 Å². The summed E-state index contributed by atoms with van der Waals surface area (Å²) in [6.45, 7) is 1.89. The number of aromatic nitrogens is 2. The fourth-order valence-corrected chi connectivity index (χ4v) is 2.42. The van der Waals surface area contributed by atoms with Crippen LogP contribution in [-0.2, 0) is 13.1 Å². The smallest absolute Gasteiger partial charge is 0.307 e. The average molecular weight is 329 g/mol. The van der Waals surface area contributed by atoms with Crippen LogP contribution in [0.5, 0.6) is 0 Å². The number of likely N-dealkylation sites (N-methyl/N-ethyl adjacent to an activating group) is 1. The minimum absolute atomic E-state index is 0.0484.